The van der Waals surface area contributed by atoms with Crippen molar-refractivity contribution in [3.63, 3.8) is 0 Å². The van der Waals surface area contributed by atoms with E-state index < -0.39 is 24.1 Å². The number of quaternary nitrogens is 1. The molecule has 0 aliphatic rings. The fourth-order valence-electron chi connectivity index (χ4n) is 5.53. The van der Waals surface area contributed by atoms with Crippen LogP contribution in [-0.2, 0) is 28.6 Å². The molecule has 0 bridgehead atoms. The number of carbonyl (C=O) groups excluding carboxylic acids is 3. The number of allylic oxidation sites excluding steroid dienone is 12. The average molecular weight is 756 g/mol. The van der Waals surface area contributed by atoms with Crippen LogP contribution in [0.15, 0.2) is 72.9 Å². The van der Waals surface area contributed by atoms with E-state index in [0.717, 1.165) is 38.5 Å². The predicted molar refractivity (Wildman–Crippen MR) is 222 cm³/mol. The molecular weight excluding hydrogens is 679 g/mol. The number of ether oxygens (including phenoxy) is 3. The van der Waals surface area contributed by atoms with Crippen molar-refractivity contribution in [3.8, 4) is 0 Å². The van der Waals surface area contributed by atoms with Crippen molar-refractivity contribution in [2.75, 3.05) is 41.0 Å². The molecule has 2 atom stereocenters. The molecule has 0 saturated carbocycles. The van der Waals surface area contributed by atoms with Gasteiger partial charge in [0.05, 0.1) is 40.3 Å². The quantitative estimate of drug-likeness (QED) is 0.0272. The highest BCUT2D eigenvalue weighted by atomic mass is 16.6. The Morgan fingerprint density at radius 3 is 1.56 bits per heavy atom. The lowest BCUT2D eigenvalue weighted by atomic mass is 10.1. The fourth-order valence-corrected chi connectivity index (χ4v) is 5.53. The first-order valence-corrected chi connectivity index (χ1v) is 21.0. The first-order valence-electron chi connectivity index (χ1n) is 21.0. The third kappa shape index (κ3) is 34.5. The Kier molecular flexibility index (Phi) is 34.5. The van der Waals surface area contributed by atoms with E-state index in [9.17, 15) is 19.5 Å². The number of esters is 2. The molecule has 0 N–H and O–H groups in total. The van der Waals surface area contributed by atoms with Crippen LogP contribution in [0.4, 0.5) is 0 Å². The topological polar surface area (TPSA) is 102 Å². The van der Waals surface area contributed by atoms with Crippen molar-refractivity contribution >= 4 is 17.9 Å². The van der Waals surface area contributed by atoms with E-state index in [1.54, 1.807) is 21.1 Å². The summed E-state index contributed by atoms with van der Waals surface area (Å²) < 4.78 is 17.0. The summed E-state index contributed by atoms with van der Waals surface area (Å²) >= 11 is 0. The van der Waals surface area contributed by atoms with Gasteiger partial charge in [-0.05, 0) is 70.6 Å². The fraction of sp³-hybridized carbons (Fsp3) is 0.674. The predicted octanol–water partition coefficient (Wildman–Crippen LogP) is 9.85. The molecule has 8 heteroatoms. The van der Waals surface area contributed by atoms with Crippen LogP contribution in [0, 0.1) is 0 Å². The molecule has 0 aliphatic heterocycles. The summed E-state index contributed by atoms with van der Waals surface area (Å²) in [5.74, 6) is -1.90. The van der Waals surface area contributed by atoms with Crippen LogP contribution in [0.2, 0.25) is 0 Å². The molecular formula is C46H77NO7. The number of hydrogen-bond donors (Lipinski definition) is 0. The third-order valence-electron chi connectivity index (χ3n) is 8.83. The lowest BCUT2D eigenvalue weighted by Crippen LogP contribution is -2.55. The number of likely N-dealkylation sites (N-methyl/N-ethyl adjacent to an activating group) is 1. The van der Waals surface area contributed by atoms with Gasteiger partial charge in [-0.15, -0.1) is 0 Å². The molecule has 0 spiro atoms. The van der Waals surface area contributed by atoms with Crippen LogP contribution >= 0.6 is 0 Å². The summed E-state index contributed by atoms with van der Waals surface area (Å²) in [6.45, 7) is 4.48. The van der Waals surface area contributed by atoms with Crippen LogP contribution in [0.25, 0.3) is 0 Å². The smallest absolute Gasteiger partial charge is 0.306 e. The standard InChI is InChI=1S/C46H77NO7/c1-6-8-10-12-14-16-18-20-21-22-23-25-26-28-30-32-34-36-44(48)53-41-42(40-52-39-38-43(46(50)51)47(3,4)5)54-45(49)37-35-33-31-29-27-24-19-17-15-13-11-9-7-2/h14,16,20-21,23-25,27-28,30-31,33,42-43H,6-13,15,17-19,22,26,29,32,34-41H2,1-5H3/b16-14+,21-20+,25-23+,27-24+,30-28+,33-31+. The number of rotatable bonds is 36. The van der Waals surface area contributed by atoms with Crippen molar-refractivity contribution in [3.05, 3.63) is 72.9 Å². The molecule has 0 aliphatic carbocycles. The minimum Gasteiger partial charge on any atom is -0.544 e. The molecule has 0 aromatic heterocycles. The van der Waals surface area contributed by atoms with Gasteiger partial charge >= 0.3 is 11.9 Å². The Bertz CT molecular complexity index is 1110. The molecule has 54 heavy (non-hydrogen) atoms. The summed E-state index contributed by atoms with van der Waals surface area (Å²) in [7, 11) is 5.36. The van der Waals surface area contributed by atoms with Gasteiger partial charge in [-0.1, -0.05) is 132 Å². The monoisotopic (exact) mass is 756 g/mol. The van der Waals surface area contributed by atoms with Crippen molar-refractivity contribution in [1.29, 1.82) is 0 Å². The first kappa shape index (κ1) is 50.8. The van der Waals surface area contributed by atoms with Gasteiger partial charge in [0, 0.05) is 19.3 Å². The summed E-state index contributed by atoms with van der Waals surface area (Å²) in [6, 6.07) is -0.745. The number of unbranched alkanes of at least 4 members (excludes halogenated alkanes) is 10. The van der Waals surface area contributed by atoms with Crippen molar-refractivity contribution < 1.29 is 38.2 Å². The highest BCUT2D eigenvalue weighted by Crippen LogP contribution is 2.10. The Morgan fingerprint density at radius 1 is 0.556 bits per heavy atom. The van der Waals surface area contributed by atoms with Crippen LogP contribution < -0.4 is 5.11 Å². The van der Waals surface area contributed by atoms with E-state index >= 15 is 0 Å². The minimum absolute atomic E-state index is 0.00259. The molecule has 0 amide bonds. The number of carboxylic acid groups (broad SMARTS) is 1. The third-order valence-corrected chi connectivity index (χ3v) is 8.83. The minimum atomic E-state index is -1.14. The lowest BCUT2D eigenvalue weighted by Gasteiger charge is -2.34. The second-order valence-electron chi connectivity index (χ2n) is 14.9. The molecule has 0 fully saturated rings. The van der Waals surface area contributed by atoms with E-state index in [1.807, 2.05) is 6.08 Å². The molecule has 0 heterocycles. The number of aliphatic carboxylic acids is 1. The normalized spacial score (nSPS) is 13.7. The van der Waals surface area contributed by atoms with Gasteiger partial charge in [-0.25, -0.2) is 0 Å². The second kappa shape index (κ2) is 36.7. The molecule has 0 aromatic rings. The van der Waals surface area contributed by atoms with Gasteiger partial charge in [0.2, 0.25) is 0 Å². The summed E-state index contributed by atoms with van der Waals surface area (Å²) in [5.41, 5.74) is 0. The zero-order valence-corrected chi connectivity index (χ0v) is 34.9. The second-order valence-corrected chi connectivity index (χ2v) is 14.9. The van der Waals surface area contributed by atoms with Gasteiger partial charge in [0.25, 0.3) is 0 Å². The van der Waals surface area contributed by atoms with Crippen LogP contribution in [0.5, 0.6) is 0 Å². The highest BCUT2D eigenvalue weighted by molar-refractivity contribution is 5.70. The van der Waals surface area contributed by atoms with Crippen LogP contribution in [0.1, 0.15) is 149 Å². The van der Waals surface area contributed by atoms with E-state index in [2.05, 4.69) is 80.7 Å². The molecule has 0 rings (SSSR count). The number of hydrogen-bond acceptors (Lipinski definition) is 7. The SMILES string of the molecule is CCCCC/C=C/C/C=C/C/C=C/C/C=C/CCCC(=O)OCC(COCCC(C(=O)[O-])[N+](C)(C)C)OC(=O)CC/C=C/C/C=C/CCCCCCCC. The van der Waals surface area contributed by atoms with Gasteiger partial charge < -0.3 is 28.6 Å². The van der Waals surface area contributed by atoms with Crippen molar-refractivity contribution in [2.24, 2.45) is 0 Å². The Balaban J connectivity index is 4.55. The molecule has 2 unspecified atom stereocenters. The van der Waals surface area contributed by atoms with Gasteiger partial charge in [-0.3, -0.25) is 9.59 Å². The van der Waals surface area contributed by atoms with Gasteiger partial charge in [0.1, 0.15) is 12.6 Å². The number of carbonyl (C=O) groups is 3. The maximum atomic E-state index is 12.6. The number of carboxylic acids is 1. The van der Waals surface area contributed by atoms with E-state index in [0.29, 0.717) is 12.8 Å². The maximum Gasteiger partial charge on any atom is 0.306 e. The Hall–Kier alpha value is -3.23. The first-order chi connectivity index (χ1) is 26.1. The molecule has 0 saturated heterocycles. The summed E-state index contributed by atoms with van der Waals surface area (Å²) in [4.78, 5) is 36.7. The zero-order chi connectivity index (χ0) is 40.0. The van der Waals surface area contributed by atoms with Crippen molar-refractivity contribution in [1.82, 2.24) is 0 Å². The van der Waals surface area contributed by atoms with Crippen molar-refractivity contribution in [2.45, 2.75) is 161 Å². The molecule has 308 valence electrons. The maximum absolute atomic E-state index is 12.6. The van der Waals surface area contributed by atoms with Crippen LogP contribution in [0.3, 0.4) is 0 Å². The van der Waals surface area contributed by atoms with Gasteiger partial charge in [-0.2, -0.15) is 0 Å². The summed E-state index contributed by atoms with van der Waals surface area (Å²) in [6.07, 6.45) is 45.2. The molecule has 0 radical (unpaired) electrons. The van der Waals surface area contributed by atoms with E-state index in [-0.39, 0.29) is 49.5 Å². The Labute approximate surface area is 330 Å². The summed E-state index contributed by atoms with van der Waals surface area (Å²) in [5, 5.41) is 11.6. The number of nitrogens with zero attached hydrogens (tertiary/aromatic N) is 1. The lowest BCUT2D eigenvalue weighted by molar-refractivity contribution is -0.889. The van der Waals surface area contributed by atoms with Crippen LogP contribution in [-0.4, -0.2) is 75.5 Å². The van der Waals surface area contributed by atoms with E-state index in [4.69, 9.17) is 14.2 Å². The molecule has 8 nitrogen and oxygen atoms in total. The van der Waals surface area contributed by atoms with Gasteiger partial charge in [0.15, 0.2) is 6.10 Å². The Morgan fingerprint density at radius 2 is 1.02 bits per heavy atom. The highest BCUT2D eigenvalue weighted by Gasteiger charge is 2.25. The average Bonchev–Trinajstić information content (AvgIpc) is 3.12. The zero-order valence-electron chi connectivity index (χ0n) is 34.9. The largest absolute Gasteiger partial charge is 0.544 e. The van der Waals surface area contributed by atoms with E-state index in [1.165, 1.54) is 64.2 Å². The molecule has 0 aromatic carbocycles.